The highest BCUT2D eigenvalue weighted by Crippen LogP contribution is 2.19. The normalized spacial score (nSPS) is 14.6. The Kier molecular flexibility index (Phi) is 4.35. The summed E-state index contributed by atoms with van der Waals surface area (Å²) in [4.78, 5) is 6.44. The van der Waals surface area contributed by atoms with E-state index >= 15 is 0 Å². The maximum absolute atomic E-state index is 6.34. The second kappa shape index (κ2) is 5.99. The zero-order valence-electron chi connectivity index (χ0n) is 11.8. The van der Waals surface area contributed by atoms with Crippen LogP contribution in [0.1, 0.15) is 24.2 Å². The van der Waals surface area contributed by atoms with Crippen LogP contribution < -0.4 is 5.73 Å². The molecule has 0 aliphatic rings. The number of rotatable bonds is 5. The van der Waals surface area contributed by atoms with E-state index in [0.717, 1.165) is 17.8 Å². The maximum Gasteiger partial charge on any atom is 0.0949 e. The van der Waals surface area contributed by atoms with Crippen LogP contribution in [-0.4, -0.2) is 34.6 Å². The SMILES string of the molecule is CC(Cn1cncc1C(N)c1ccccc1)N(C)C. The highest BCUT2D eigenvalue weighted by molar-refractivity contribution is 5.26. The molecule has 0 aliphatic carbocycles. The monoisotopic (exact) mass is 258 g/mol. The second-order valence-electron chi connectivity index (χ2n) is 5.17. The van der Waals surface area contributed by atoms with Crippen molar-refractivity contribution in [3.05, 3.63) is 54.1 Å². The van der Waals surface area contributed by atoms with Gasteiger partial charge in [-0.25, -0.2) is 4.98 Å². The number of likely N-dealkylation sites (N-methyl/N-ethyl adjacent to an activating group) is 1. The summed E-state index contributed by atoms with van der Waals surface area (Å²) in [5.41, 5.74) is 8.51. The molecule has 4 heteroatoms. The van der Waals surface area contributed by atoms with Gasteiger partial charge in [-0.1, -0.05) is 30.3 Å². The van der Waals surface area contributed by atoms with E-state index in [1.807, 2.05) is 30.7 Å². The summed E-state index contributed by atoms with van der Waals surface area (Å²) in [5.74, 6) is 0. The number of hydrogen-bond donors (Lipinski definition) is 1. The molecule has 0 bridgehead atoms. The van der Waals surface area contributed by atoms with Gasteiger partial charge in [0.1, 0.15) is 0 Å². The Morgan fingerprint density at radius 1 is 1.26 bits per heavy atom. The first-order valence-electron chi connectivity index (χ1n) is 6.56. The predicted octanol–water partition coefficient (Wildman–Crippen LogP) is 1.88. The molecule has 102 valence electrons. The highest BCUT2D eigenvalue weighted by atomic mass is 15.2. The van der Waals surface area contributed by atoms with Crippen molar-refractivity contribution < 1.29 is 0 Å². The van der Waals surface area contributed by atoms with Crippen molar-refractivity contribution >= 4 is 0 Å². The van der Waals surface area contributed by atoms with Gasteiger partial charge in [0, 0.05) is 12.6 Å². The minimum absolute atomic E-state index is 0.127. The van der Waals surface area contributed by atoms with Crippen LogP contribution in [0.5, 0.6) is 0 Å². The molecule has 1 heterocycles. The van der Waals surface area contributed by atoms with Gasteiger partial charge in [0.15, 0.2) is 0 Å². The average molecular weight is 258 g/mol. The molecule has 0 aliphatic heterocycles. The number of nitrogens with zero attached hydrogens (tertiary/aromatic N) is 3. The molecule has 2 aromatic rings. The summed E-state index contributed by atoms with van der Waals surface area (Å²) in [6.07, 6.45) is 3.72. The molecule has 1 aromatic heterocycles. The van der Waals surface area contributed by atoms with Gasteiger partial charge in [-0.2, -0.15) is 0 Å². The van der Waals surface area contributed by atoms with Crippen molar-refractivity contribution in [3.63, 3.8) is 0 Å². The summed E-state index contributed by atoms with van der Waals surface area (Å²) in [6, 6.07) is 10.4. The highest BCUT2D eigenvalue weighted by Gasteiger charge is 2.15. The number of nitrogens with two attached hydrogens (primary N) is 1. The van der Waals surface area contributed by atoms with E-state index in [9.17, 15) is 0 Å². The van der Waals surface area contributed by atoms with Crippen molar-refractivity contribution in [3.8, 4) is 0 Å². The first-order chi connectivity index (χ1) is 9.09. The molecule has 2 atom stereocenters. The minimum atomic E-state index is -0.127. The van der Waals surface area contributed by atoms with Crippen molar-refractivity contribution in [2.45, 2.75) is 25.6 Å². The fraction of sp³-hybridized carbons (Fsp3) is 0.400. The van der Waals surface area contributed by atoms with E-state index in [2.05, 4.69) is 47.6 Å². The Morgan fingerprint density at radius 3 is 2.58 bits per heavy atom. The smallest absolute Gasteiger partial charge is 0.0949 e. The fourth-order valence-electron chi connectivity index (χ4n) is 2.02. The van der Waals surface area contributed by atoms with Crippen LogP contribution in [-0.2, 0) is 6.54 Å². The van der Waals surface area contributed by atoms with Crippen LogP contribution in [0.2, 0.25) is 0 Å². The lowest BCUT2D eigenvalue weighted by Crippen LogP contribution is -2.30. The third kappa shape index (κ3) is 3.22. The van der Waals surface area contributed by atoms with Crippen LogP contribution in [0, 0.1) is 0 Å². The minimum Gasteiger partial charge on any atom is -0.331 e. The zero-order chi connectivity index (χ0) is 13.8. The lowest BCUT2D eigenvalue weighted by atomic mass is 10.1. The van der Waals surface area contributed by atoms with E-state index in [-0.39, 0.29) is 6.04 Å². The molecule has 1 aromatic carbocycles. The van der Waals surface area contributed by atoms with Gasteiger partial charge < -0.3 is 15.2 Å². The zero-order valence-corrected chi connectivity index (χ0v) is 11.8. The van der Waals surface area contributed by atoms with E-state index in [1.54, 1.807) is 0 Å². The van der Waals surface area contributed by atoms with E-state index < -0.39 is 0 Å². The third-order valence-electron chi connectivity index (χ3n) is 3.56. The standard InChI is InChI=1S/C15H22N4/c1-12(18(2)3)10-19-11-17-9-14(19)15(16)13-7-5-4-6-8-13/h4-9,11-12,15H,10,16H2,1-3H3. The van der Waals surface area contributed by atoms with Gasteiger partial charge in [0.05, 0.1) is 24.3 Å². The van der Waals surface area contributed by atoms with Crippen LogP contribution in [0.25, 0.3) is 0 Å². The average Bonchev–Trinajstić information content (AvgIpc) is 2.87. The summed E-state index contributed by atoms with van der Waals surface area (Å²) < 4.78 is 2.14. The van der Waals surface area contributed by atoms with Gasteiger partial charge >= 0.3 is 0 Å². The molecular weight excluding hydrogens is 236 g/mol. The summed E-state index contributed by atoms with van der Waals surface area (Å²) in [6.45, 7) is 3.08. The van der Waals surface area contributed by atoms with Gasteiger partial charge in [0.25, 0.3) is 0 Å². The molecule has 2 unspecified atom stereocenters. The maximum atomic E-state index is 6.34. The van der Waals surface area contributed by atoms with Crippen LogP contribution in [0.3, 0.4) is 0 Å². The van der Waals surface area contributed by atoms with Crippen molar-refractivity contribution in [1.82, 2.24) is 14.5 Å². The first-order valence-corrected chi connectivity index (χ1v) is 6.56. The Bertz CT molecular complexity index is 504. The Hall–Kier alpha value is -1.65. The molecule has 0 fully saturated rings. The van der Waals surface area contributed by atoms with E-state index in [0.29, 0.717) is 6.04 Å². The summed E-state index contributed by atoms with van der Waals surface area (Å²) in [7, 11) is 4.16. The molecule has 2 N–H and O–H groups in total. The quantitative estimate of drug-likeness (QED) is 0.890. The number of hydrogen-bond acceptors (Lipinski definition) is 3. The Labute approximate surface area is 114 Å². The molecule has 0 spiro atoms. The molecule has 0 saturated heterocycles. The first kappa shape index (κ1) is 13.8. The second-order valence-corrected chi connectivity index (χ2v) is 5.17. The van der Waals surface area contributed by atoms with Crippen LogP contribution in [0.15, 0.2) is 42.9 Å². The van der Waals surface area contributed by atoms with Gasteiger partial charge in [-0.15, -0.1) is 0 Å². The lowest BCUT2D eigenvalue weighted by Gasteiger charge is -2.22. The lowest BCUT2D eigenvalue weighted by molar-refractivity contribution is 0.281. The molecule has 0 saturated carbocycles. The number of aromatic nitrogens is 2. The molecule has 19 heavy (non-hydrogen) atoms. The Morgan fingerprint density at radius 2 is 1.95 bits per heavy atom. The largest absolute Gasteiger partial charge is 0.331 e. The Balaban J connectivity index is 2.20. The van der Waals surface area contributed by atoms with Crippen LogP contribution in [0.4, 0.5) is 0 Å². The van der Waals surface area contributed by atoms with E-state index in [1.165, 1.54) is 0 Å². The van der Waals surface area contributed by atoms with Crippen molar-refractivity contribution in [2.24, 2.45) is 5.73 Å². The number of imidazole rings is 1. The molecule has 0 radical (unpaired) electrons. The van der Waals surface area contributed by atoms with Crippen molar-refractivity contribution in [2.75, 3.05) is 14.1 Å². The molecule has 0 amide bonds. The topological polar surface area (TPSA) is 47.1 Å². The molecule has 4 nitrogen and oxygen atoms in total. The predicted molar refractivity (Wildman–Crippen MR) is 77.8 cm³/mol. The summed E-state index contributed by atoms with van der Waals surface area (Å²) in [5, 5.41) is 0. The fourth-order valence-corrected chi connectivity index (χ4v) is 2.02. The third-order valence-corrected chi connectivity index (χ3v) is 3.56. The van der Waals surface area contributed by atoms with Crippen molar-refractivity contribution in [1.29, 1.82) is 0 Å². The summed E-state index contributed by atoms with van der Waals surface area (Å²) >= 11 is 0. The van der Waals surface area contributed by atoms with Gasteiger partial charge in [-0.05, 0) is 26.6 Å². The molecular formula is C15H22N4. The molecule has 2 rings (SSSR count). The number of benzene rings is 1. The van der Waals surface area contributed by atoms with Gasteiger partial charge in [-0.3, -0.25) is 0 Å². The van der Waals surface area contributed by atoms with Gasteiger partial charge in [0.2, 0.25) is 0 Å². The van der Waals surface area contributed by atoms with E-state index in [4.69, 9.17) is 5.73 Å². The van der Waals surface area contributed by atoms with Crippen LogP contribution >= 0.6 is 0 Å².